The van der Waals surface area contributed by atoms with E-state index in [1.165, 1.54) is 6.42 Å². The van der Waals surface area contributed by atoms with E-state index in [4.69, 9.17) is 10.7 Å². The number of aromatic amines is 1. The third-order valence-electron chi connectivity index (χ3n) is 6.69. The number of benzene rings is 2. The zero-order valence-electron chi connectivity index (χ0n) is 20.9. The number of pyridine rings is 1. The fourth-order valence-corrected chi connectivity index (χ4v) is 4.86. The number of hydrogen-bond donors (Lipinski definition) is 2. The van der Waals surface area contributed by atoms with Gasteiger partial charge < -0.3 is 15.6 Å². The Morgan fingerprint density at radius 1 is 1.03 bits per heavy atom. The van der Waals surface area contributed by atoms with Gasteiger partial charge in [0.15, 0.2) is 5.82 Å². The van der Waals surface area contributed by atoms with E-state index in [2.05, 4.69) is 23.0 Å². The molecule has 5 rings (SSSR count). The second-order valence-corrected chi connectivity index (χ2v) is 9.04. The van der Waals surface area contributed by atoms with Crippen LogP contribution < -0.4 is 10.6 Å². The molecule has 1 saturated carbocycles. The van der Waals surface area contributed by atoms with Crippen LogP contribution in [0, 0.1) is 12.8 Å². The number of nitrogens with two attached hydrogens (primary N) is 1. The second-order valence-electron chi connectivity index (χ2n) is 9.04. The maximum Gasteiger partial charge on any atom is 0.248 e. The van der Waals surface area contributed by atoms with Crippen LogP contribution in [0.4, 0.5) is 5.69 Å². The van der Waals surface area contributed by atoms with Crippen LogP contribution in [0.3, 0.4) is 0 Å². The van der Waals surface area contributed by atoms with Crippen LogP contribution in [-0.2, 0) is 4.79 Å². The minimum absolute atomic E-state index is 0.136. The Morgan fingerprint density at radius 2 is 1.72 bits per heavy atom. The van der Waals surface area contributed by atoms with E-state index in [-0.39, 0.29) is 17.7 Å². The summed E-state index contributed by atoms with van der Waals surface area (Å²) in [6.07, 6.45) is 9.09. The highest BCUT2D eigenvalue weighted by Crippen LogP contribution is 2.36. The molecule has 2 amide bonds. The average Bonchev–Trinajstić information content (AvgIpc) is 3.46. The molecule has 0 bridgehead atoms. The first kappa shape index (κ1) is 25.1. The van der Waals surface area contributed by atoms with Crippen molar-refractivity contribution in [3.63, 3.8) is 0 Å². The highest BCUT2D eigenvalue weighted by molar-refractivity contribution is 6.06. The Bertz CT molecular complexity index is 1310. The van der Waals surface area contributed by atoms with Gasteiger partial charge in [-0.2, -0.15) is 0 Å². The number of H-pyrrole nitrogens is 1. The van der Waals surface area contributed by atoms with Crippen molar-refractivity contribution in [3.05, 3.63) is 78.1 Å². The Balaban J connectivity index is 0.000000286. The summed E-state index contributed by atoms with van der Waals surface area (Å²) in [4.78, 5) is 38.2. The first-order valence-electron chi connectivity index (χ1n) is 12.6. The summed E-state index contributed by atoms with van der Waals surface area (Å²) in [6.45, 7) is 4.76. The van der Waals surface area contributed by atoms with E-state index in [1.807, 2.05) is 36.1 Å². The molecule has 2 aromatic carbocycles. The van der Waals surface area contributed by atoms with Gasteiger partial charge in [-0.1, -0.05) is 55.7 Å². The van der Waals surface area contributed by atoms with Gasteiger partial charge in [0, 0.05) is 41.4 Å². The minimum Gasteiger partial charge on any atom is -0.366 e. The quantitative estimate of drug-likeness (QED) is 0.382. The van der Waals surface area contributed by atoms with Gasteiger partial charge in [0.2, 0.25) is 11.8 Å². The lowest BCUT2D eigenvalue weighted by atomic mass is 9.88. The van der Waals surface area contributed by atoms with E-state index in [9.17, 15) is 9.59 Å². The Kier molecular flexibility index (Phi) is 8.10. The van der Waals surface area contributed by atoms with Crippen LogP contribution in [0.15, 0.2) is 67.0 Å². The number of anilines is 1. The third kappa shape index (κ3) is 5.46. The highest BCUT2D eigenvalue weighted by atomic mass is 16.2. The number of fused-ring (bicyclic) bond motifs is 1. The van der Waals surface area contributed by atoms with Crippen LogP contribution in [0.25, 0.3) is 22.4 Å². The number of amides is 2. The molecular formula is C29H33N5O2. The van der Waals surface area contributed by atoms with Crippen molar-refractivity contribution >= 4 is 28.4 Å². The van der Waals surface area contributed by atoms with E-state index in [0.717, 1.165) is 59.4 Å². The van der Waals surface area contributed by atoms with Crippen molar-refractivity contribution < 1.29 is 9.59 Å². The first-order valence-corrected chi connectivity index (χ1v) is 12.6. The summed E-state index contributed by atoms with van der Waals surface area (Å²) < 4.78 is 0. The molecule has 36 heavy (non-hydrogen) atoms. The van der Waals surface area contributed by atoms with Gasteiger partial charge in [0.1, 0.15) is 5.69 Å². The summed E-state index contributed by atoms with van der Waals surface area (Å²) in [5.74, 6) is 0.746. The van der Waals surface area contributed by atoms with Gasteiger partial charge in [0.05, 0.1) is 11.2 Å². The molecule has 1 aliphatic rings. The van der Waals surface area contributed by atoms with Crippen molar-refractivity contribution in [1.29, 1.82) is 0 Å². The number of nitrogens with one attached hydrogen (secondary N) is 1. The SMILES string of the molecule is CCN(C(=O)C1CCCCC1)c1c(C)c(-c2ncc[nH]2)nc2ccccc12.NC(=O)c1ccccc1. The summed E-state index contributed by atoms with van der Waals surface area (Å²) >= 11 is 0. The number of imidazole rings is 1. The normalized spacial score (nSPS) is 13.6. The molecule has 1 fully saturated rings. The van der Waals surface area contributed by atoms with E-state index in [1.54, 1.807) is 36.7 Å². The first-order chi connectivity index (χ1) is 17.5. The molecule has 0 radical (unpaired) electrons. The minimum atomic E-state index is -0.379. The number of hydrogen-bond acceptors (Lipinski definition) is 4. The van der Waals surface area contributed by atoms with E-state index in [0.29, 0.717) is 12.1 Å². The van der Waals surface area contributed by atoms with Crippen LogP contribution >= 0.6 is 0 Å². The summed E-state index contributed by atoms with van der Waals surface area (Å²) in [6, 6.07) is 16.8. The zero-order chi connectivity index (χ0) is 25.5. The number of nitrogens with zero attached hydrogens (tertiary/aromatic N) is 3. The van der Waals surface area contributed by atoms with Gasteiger partial charge in [-0.05, 0) is 44.9 Å². The van der Waals surface area contributed by atoms with Crippen LogP contribution in [0.1, 0.15) is 54.9 Å². The molecule has 2 heterocycles. The summed E-state index contributed by atoms with van der Waals surface area (Å²) in [5.41, 5.74) is 9.20. The van der Waals surface area contributed by atoms with Crippen LogP contribution in [-0.4, -0.2) is 33.3 Å². The van der Waals surface area contributed by atoms with Gasteiger partial charge in [-0.25, -0.2) is 9.97 Å². The lowest BCUT2D eigenvalue weighted by Crippen LogP contribution is -2.37. The predicted octanol–water partition coefficient (Wildman–Crippen LogP) is 5.65. The van der Waals surface area contributed by atoms with Crippen molar-refractivity contribution in [2.45, 2.75) is 46.0 Å². The van der Waals surface area contributed by atoms with E-state index < -0.39 is 0 Å². The average molecular weight is 484 g/mol. The molecule has 4 aromatic rings. The lowest BCUT2D eigenvalue weighted by molar-refractivity contribution is -0.123. The molecule has 3 N–H and O–H groups in total. The largest absolute Gasteiger partial charge is 0.366 e. The number of carbonyl (C=O) groups is 2. The number of rotatable bonds is 5. The molecule has 1 aliphatic carbocycles. The fourth-order valence-electron chi connectivity index (χ4n) is 4.86. The number of carbonyl (C=O) groups excluding carboxylic acids is 2. The molecule has 186 valence electrons. The predicted molar refractivity (Wildman–Crippen MR) is 144 cm³/mol. The van der Waals surface area contributed by atoms with Crippen molar-refractivity contribution in [3.8, 4) is 11.5 Å². The molecule has 7 heteroatoms. The summed E-state index contributed by atoms with van der Waals surface area (Å²) in [7, 11) is 0. The molecule has 0 aliphatic heterocycles. The smallest absolute Gasteiger partial charge is 0.248 e. The van der Waals surface area contributed by atoms with Crippen LogP contribution in [0.5, 0.6) is 0 Å². The highest BCUT2D eigenvalue weighted by Gasteiger charge is 2.29. The molecule has 0 unspecified atom stereocenters. The molecule has 7 nitrogen and oxygen atoms in total. The topological polar surface area (TPSA) is 105 Å². The molecule has 0 saturated heterocycles. The zero-order valence-corrected chi connectivity index (χ0v) is 20.9. The van der Waals surface area contributed by atoms with Gasteiger partial charge in [-0.3, -0.25) is 9.59 Å². The monoisotopic (exact) mass is 483 g/mol. The van der Waals surface area contributed by atoms with Gasteiger partial charge in [-0.15, -0.1) is 0 Å². The van der Waals surface area contributed by atoms with E-state index >= 15 is 0 Å². The Labute approximate surface area is 211 Å². The van der Waals surface area contributed by atoms with Gasteiger partial charge >= 0.3 is 0 Å². The number of primary amides is 1. The second kappa shape index (κ2) is 11.6. The number of para-hydroxylation sites is 1. The maximum absolute atomic E-state index is 13.4. The standard InChI is InChI=1S/C22H26N4O.C7H7NO/c1-3-26(22(27)16-9-5-4-6-10-16)20-15(2)19(21-23-13-14-24-21)25-18-12-8-7-11-17(18)20;8-7(9)6-4-2-1-3-5-6/h7-8,11-14,16H,3-6,9-10H2,1-2H3,(H,23,24);1-5H,(H2,8,9). The molecular weight excluding hydrogens is 450 g/mol. The Morgan fingerprint density at radius 3 is 2.33 bits per heavy atom. The maximum atomic E-state index is 13.4. The molecule has 2 aromatic heterocycles. The lowest BCUT2D eigenvalue weighted by Gasteiger charge is -2.30. The summed E-state index contributed by atoms with van der Waals surface area (Å²) in [5, 5.41) is 1.02. The van der Waals surface area contributed by atoms with Crippen LogP contribution in [0.2, 0.25) is 0 Å². The molecule has 0 atom stereocenters. The Hall–Kier alpha value is -4.00. The third-order valence-corrected chi connectivity index (χ3v) is 6.69. The molecule has 0 spiro atoms. The van der Waals surface area contributed by atoms with Crippen molar-refractivity contribution in [2.75, 3.05) is 11.4 Å². The fraction of sp³-hybridized carbons (Fsp3) is 0.310. The van der Waals surface area contributed by atoms with Gasteiger partial charge in [0.25, 0.3) is 0 Å². The van der Waals surface area contributed by atoms with Crippen molar-refractivity contribution in [1.82, 2.24) is 15.0 Å². The van der Waals surface area contributed by atoms with Crippen molar-refractivity contribution in [2.24, 2.45) is 11.7 Å². The number of aromatic nitrogens is 3.